The first-order chi connectivity index (χ1) is 10.8. The van der Waals surface area contributed by atoms with Crippen molar-refractivity contribution >= 4 is 35.0 Å². The first kappa shape index (κ1) is 15.7. The third kappa shape index (κ3) is 2.64. The Hall–Kier alpha value is -2.19. The summed E-state index contributed by atoms with van der Waals surface area (Å²) >= 11 is 5.23. The Morgan fingerprint density at radius 1 is 1.26 bits per heavy atom. The van der Waals surface area contributed by atoms with Gasteiger partial charge in [-0.05, 0) is 36.7 Å². The largest absolute Gasteiger partial charge is 0.481 e. The van der Waals surface area contributed by atoms with Crippen LogP contribution in [0.2, 0.25) is 0 Å². The van der Waals surface area contributed by atoms with Crippen molar-refractivity contribution in [1.29, 1.82) is 0 Å². The van der Waals surface area contributed by atoms with E-state index in [4.69, 9.17) is 18.0 Å². The van der Waals surface area contributed by atoms with Gasteiger partial charge in [-0.25, -0.2) is 0 Å². The molecule has 2 unspecified atom stereocenters. The zero-order chi connectivity index (χ0) is 16.8. The number of anilines is 1. The van der Waals surface area contributed by atoms with Crippen molar-refractivity contribution in [3.63, 3.8) is 0 Å². The Labute approximate surface area is 137 Å². The van der Waals surface area contributed by atoms with Crippen LogP contribution in [0.25, 0.3) is 0 Å². The number of nitrogens with two attached hydrogens (primary N) is 1. The lowest BCUT2D eigenvalue weighted by molar-refractivity contribution is -0.145. The summed E-state index contributed by atoms with van der Waals surface area (Å²) in [6, 6.07) is 8.90. The standard InChI is InChI=1S/C15H17N3O4S/c16-15(13(21)22)6-8(9-10(11(9)15)12(19)20)18-14(23)17-7-4-2-1-3-5-7/h1-5,8-11H,6,16H2,(H,19,20)(H,21,22)(H2,17,18,23)/t8-,9?,10-,11?,15-/m0/s1. The number of rotatable bonds is 4. The van der Waals surface area contributed by atoms with Gasteiger partial charge in [-0.1, -0.05) is 18.2 Å². The highest BCUT2D eigenvalue weighted by Gasteiger charge is 2.74. The molecule has 0 amide bonds. The van der Waals surface area contributed by atoms with Crippen LogP contribution in [0, 0.1) is 17.8 Å². The molecular weight excluding hydrogens is 318 g/mol. The zero-order valence-electron chi connectivity index (χ0n) is 12.1. The van der Waals surface area contributed by atoms with Gasteiger partial charge in [0.25, 0.3) is 0 Å². The monoisotopic (exact) mass is 335 g/mol. The van der Waals surface area contributed by atoms with Crippen molar-refractivity contribution in [2.45, 2.75) is 18.0 Å². The highest BCUT2D eigenvalue weighted by atomic mass is 32.1. The van der Waals surface area contributed by atoms with Gasteiger partial charge in [0.15, 0.2) is 5.11 Å². The van der Waals surface area contributed by atoms with Gasteiger partial charge in [0.2, 0.25) is 0 Å². The number of aliphatic carboxylic acids is 2. The van der Waals surface area contributed by atoms with E-state index in [0.717, 1.165) is 5.69 Å². The van der Waals surface area contributed by atoms with E-state index in [0.29, 0.717) is 5.11 Å². The minimum absolute atomic E-state index is 0.151. The Balaban J connectivity index is 1.70. The molecule has 0 heterocycles. The zero-order valence-corrected chi connectivity index (χ0v) is 12.9. The smallest absolute Gasteiger partial charge is 0.324 e. The van der Waals surface area contributed by atoms with Gasteiger partial charge < -0.3 is 26.6 Å². The van der Waals surface area contributed by atoms with E-state index in [1.54, 1.807) is 0 Å². The highest BCUT2D eigenvalue weighted by molar-refractivity contribution is 7.80. The predicted octanol–water partition coefficient (Wildman–Crippen LogP) is 0.474. The molecule has 2 aliphatic rings. The van der Waals surface area contributed by atoms with E-state index in [1.807, 2.05) is 30.3 Å². The topological polar surface area (TPSA) is 125 Å². The fraction of sp³-hybridized carbons (Fsp3) is 0.400. The number of thiocarbonyl (C=S) groups is 1. The van der Waals surface area contributed by atoms with Gasteiger partial charge in [-0.3, -0.25) is 9.59 Å². The Morgan fingerprint density at radius 3 is 2.48 bits per heavy atom. The first-order valence-electron chi connectivity index (χ1n) is 7.22. The van der Waals surface area contributed by atoms with Gasteiger partial charge in [0.05, 0.1) is 5.92 Å². The second kappa shape index (κ2) is 5.47. The van der Waals surface area contributed by atoms with E-state index >= 15 is 0 Å². The minimum atomic E-state index is -1.52. The summed E-state index contributed by atoms with van der Waals surface area (Å²) in [5, 5.41) is 24.9. The summed E-state index contributed by atoms with van der Waals surface area (Å²) < 4.78 is 0. The Morgan fingerprint density at radius 2 is 1.91 bits per heavy atom. The third-order valence-corrected chi connectivity index (χ3v) is 4.94. The van der Waals surface area contributed by atoms with Gasteiger partial charge in [-0.15, -0.1) is 0 Å². The van der Waals surface area contributed by atoms with Crippen molar-refractivity contribution in [2.75, 3.05) is 5.32 Å². The molecule has 2 aliphatic carbocycles. The molecule has 122 valence electrons. The number of carboxylic acid groups (broad SMARTS) is 2. The molecule has 8 heteroatoms. The molecule has 2 fully saturated rings. The average molecular weight is 335 g/mol. The number of carbonyl (C=O) groups is 2. The number of hydrogen-bond donors (Lipinski definition) is 5. The fourth-order valence-corrected chi connectivity index (χ4v) is 3.96. The predicted molar refractivity (Wildman–Crippen MR) is 86.9 cm³/mol. The Bertz CT molecular complexity index is 668. The molecule has 5 atom stereocenters. The lowest BCUT2D eigenvalue weighted by Crippen LogP contribution is -2.52. The van der Waals surface area contributed by atoms with Crippen LogP contribution in [0.15, 0.2) is 30.3 Å². The van der Waals surface area contributed by atoms with Crippen LogP contribution in [0.1, 0.15) is 6.42 Å². The number of carboxylic acids is 2. The number of fused-ring (bicyclic) bond motifs is 1. The molecule has 0 aliphatic heterocycles. The maximum absolute atomic E-state index is 11.5. The summed E-state index contributed by atoms with van der Waals surface area (Å²) in [5.74, 6) is -3.78. The van der Waals surface area contributed by atoms with Crippen molar-refractivity contribution < 1.29 is 19.8 Å². The highest BCUT2D eigenvalue weighted by Crippen LogP contribution is 2.61. The van der Waals surface area contributed by atoms with Crippen LogP contribution < -0.4 is 16.4 Å². The molecule has 7 nitrogen and oxygen atoms in total. The molecule has 23 heavy (non-hydrogen) atoms. The average Bonchev–Trinajstić information content (AvgIpc) is 3.17. The third-order valence-electron chi connectivity index (χ3n) is 4.72. The SMILES string of the molecule is N[C@@]1(C(=O)O)C[C@H](NC(=S)Nc2ccccc2)C2C1[C@H]2C(=O)O. The number of nitrogens with one attached hydrogen (secondary N) is 2. The molecular formula is C15H17N3O4S. The second-order valence-electron chi connectivity index (χ2n) is 6.09. The fourth-order valence-electron chi connectivity index (χ4n) is 3.69. The van der Waals surface area contributed by atoms with Crippen LogP contribution in [-0.2, 0) is 9.59 Å². The van der Waals surface area contributed by atoms with E-state index in [-0.39, 0.29) is 18.4 Å². The van der Waals surface area contributed by atoms with E-state index in [1.165, 1.54) is 0 Å². The summed E-state index contributed by atoms with van der Waals surface area (Å²) in [4.78, 5) is 22.7. The summed E-state index contributed by atoms with van der Waals surface area (Å²) in [6.45, 7) is 0. The number of benzene rings is 1. The molecule has 2 saturated carbocycles. The van der Waals surface area contributed by atoms with Crippen LogP contribution in [0.3, 0.4) is 0 Å². The van der Waals surface area contributed by atoms with Crippen molar-refractivity contribution in [3.05, 3.63) is 30.3 Å². The molecule has 6 N–H and O–H groups in total. The molecule has 0 aromatic heterocycles. The van der Waals surface area contributed by atoms with E-state index in [2.05, 4.69) is 10.6 Å². The number of para-hydroxylation sites is 1. The second-order valence-corrected chi connectivity index (χ2v) is 6.50. The summed E-state index contributed by atoms with van der Waals surface area (Å²) in [6.07, 6.45) is 0.151. The van der Waals surface area contributed by atoms with Crippen LogP contribution in [-0.4, -0.2) is 38.8 Å². The summed E-state index contributed by atoms with van der Waals surface area (Å²) in [7, 11) is 0. The van der Waals surface area contributed by atoms with Crippen LogP contribution in [0.5, 0.6) is 0 Å². The molecule has 0 spiro atoms. The molecule has 0 saturated heterocycles. The van der Waals surface area contributed by atoms with Gasteiger partial charge in [0.1, 0.15) is 5.54 Å². The van der Waals surface area contributed by atoms with Crippen molar-refractivity contribution in [1.82, 2.24) is 5.32 Å². The summed E-state index contributed by atoms with van der Waals surface area (Å²) in [5.41, 5.74) is 5.24. The molecule has 1 aromatic carbocycles. The quantitative estimate of drug-likeness (QED) is 0.503. The van der Waals surface area contributed by atoms with E-state index in [9.17, 15) is 19.8 Å². The van der Waals surface area contributed by atoms with Crippen molar-refractivity contribution in [3.8, 4) is 0 Å². The van der Waals surface area contributed by atoms with Crippen LogP contribution in [0.4, 0.5) is 5.69 Å². The maximum Gasteiger partial charge on any atom is 0.324 e. The Kier molecular flexibility index (Phi) is 3.73. The van der Waals surface area contributed by atoms with Gasteiger partial charge in [0, 0.05) is 17.6 Å². The molecule has 3 rings (SSSR count). The normalized spacial score (nSPS) is 34.3. The lowest BCUT2D eigenvalue weighted by atomic mass is 9.90. The van der Waals surface area contributed by atoms with Gasteiger partial charge >= 0.3 is 11.9 Å². The van der Waals surface area contributed by atoms with Crippen LogP contribution >= 0.6 is 12.2 Å². The molecule has 0 bridgehead atoms. The first-order valence-corrected chi connectivity index (χ1v) is 7.63. The van der Waals surface area contributed by atoms with E-state index < -0.39 is 29.3 Å². The lowest BCUT2D eigenvalue weighted by Gasteiger charge is -2.25. The minimum Gasteiger partial charge on any atom is -0.481 e. The van der Waals surface area contributed by atoms with Gasteiger partial charge in [-0.2, -0.15) is 0 Å². The molecule has 1 aromatic rings. The maximum atomic E-state index is 11.5. The number of hydrogen-bond acceptors (Lipinski definition) is 4. The van der Waals surface area contributed by atoms with Crippen molar-refractivity contribution in [2.24, 2.45) is 23.5 Å². The molecule has 0 radical (unpaired) electrons.